The molecule has 1 aromatic carbocycles. The minimum atomic E-state index is -0.432. The number of nitrogens with one attached hydrogen (secondary N) is 1. The van der Waals surface area contributed by atoms with E-state index in [4.69, 9.17) is 4.74 Å². The molecule has 0 aromatic heterocycles. The molecule has 0 bridgehead atoms. The summed E-state index contributed by atoms with van der Waals surface area (Å²) in [7, 11) is 3.43. The summed E-state index contributed by atoms with van der Waals surface area (Å²) in [6.07, 6.45) is -0.573. The van der Waals surface area contributed by atoms with Crippen molar-refractivity contribution in [1.82, 2.24) is 20.0 Å². The van der Waals surface area contributed by atoms with Gasteiger partial charge in [-0.15, -0.1) is 0 Å². The third-order valence-electron chi connectivity index (χ3n) is 6.16. The number of fused-ring (bicyclic) bond motifs is 3. The number of benzene rings is 1. The van der Waals surface area contributed by atoms with Crippen molar-refractivity contribution in [3.05, 3.63) is 35.9 Å². The lowest BCUT2D eigenvalue weighted by Crippen LogP contribution is -2.66. The van der Waals surface area contributed by atoms with E-state index in [2.05, 4.69) is 41.6 Å². The van der Waals surface area contributed by atoms with Gasteiger partial charge in [0.05, 0.1) is 19.3 Å². The maximum Gasteiger partial charge on any atom is 0.328 e. The first-order chi connectivity index (χ1) is 14.2. The van der Waals surface area contributed by atoms with Crippen molar-refractivity contribution in [3.63, 3.8) is 0 Å². The topological polar surface area (TPSA) is 68.4 Å². The molecule has 0 saturated carbocycles. The molecule has 0 radical (unpaired) electrons. The first-order valence-corrected chi connectivity index (χ1v) is 10.4. The number of likely N-dealkylation sites (N-methyl/N-ethyl adjacent to an activating group) is 1. The summed E-state index contributed by atoms with van der Waals surface area (Å²) in [5.41, 5.74) is 2.91. The second-order valence-corrected chi connectivity index (χ2v) is 8.83. The Labute approximate surface area is 178 Å². The number of hydrogen-bond acceptors (Lipinski definition) is 6. The molecule has 1 aromatic rings. The van der Waals surface area contributed by atoms with Crippen LogP contribution >= 0.6 is 0 Å². The quantitative estimate of drug-likeness (QED) is 0.760. The zero-order valence-corrected chi connectivity index (χ0v) is 18.4. The molecule has 3 fully saturated rings. The Morgan fingerprint density at radius 2 is 2.03 bits per heavy atom. The van der Waals surface area contributed by atoms with Crippen LogP contribution < -0.4 is 15.0 Å². The Kier molecular flexibility index (Phi) is 5.23. The molecule has 30 heavy (non-hydrogen) atoms. The molecule has 8 heteroatoms. The Balaban J connectivity index is 1.72. The molecule has 4 unspecified atom stereocenters. The standard InChI is InChI=1S/C22H31N5O3/c1-13(2)10-27-20(28)18-19(24(5)22(27)29)23-21-25(11-15(4)12-26(18)21)16-9-14(3)7-8-17(16)30-6/h7-9,15,18-19,21,23H,1,10-12H2,2-6H3. The van der Waals surface area contributed by atoms with Crippen LogP contribution in [0.4, 0.5) is 10.5 Å². The zero-order chi connectivity index (χ0) is 21.7. The van der Waals surface area contributed by atoms with Crippen LogP contribution in [0.15, 0.2) is 30.4 Å². The van der Waals surface area contributed by atoms with Crippen molar-refractivity contribution in [2.45, 2.75) is 39.3 Å². The number of urea groups is 1. The zero-order valence-electron chi connectivity index (χ0n) is 18.4. The van der Waals surface area contributed by atoms with E-state index in [1.807, 2.05) is 19.1 Å². The van der Waals surface area contributed by atoms with E-state index in [0.29, 0.717) is 5.92 Å². The molecule has 4 atom stereocenters. The number of methoxy groups -OCH3 is 1. The Bertz CT molecular complexity index is 888. The van der Waals surface area contributed by atoms with E-state index >= 15 is 0 Å². The number of carbonyl (C=O) groups is 2. The monoisotopic (exact) mass is 413 g/mol. The van der Waals surface area contributed by atoms with Gasteiger partial charge in [0.15, 0.2) is 0 Å². The molecule has 8 nitrogen and oxygen atoms in total. The summed E-state index contributed by atoms with van der Waals surface area (Å²) < 4.78 is 5.64. The molecular weight excluding hydrogens is 382 g/mol. The summed E-state index contributed by atoms with van der Waals surface area (Å²) in [5, 5.41) is 3.55. The number of nitrogens with zero attached hydrogens (tertiary/aromatic N) is 4. The summed E-state index contributed by atoms with van der Waals surface area (Å²) >= 11 is 0. The lowest BCUT2D eigenvalue weighted by molar-refractivity contribution is -0.138. The normalized spacial score (nSPS) is 29.2. The lowest BCUT2D eigenvalue weighted by Gasteiger charge is -2.46. The molecule has 3 heterocycles. The number of hydrogen-bond donors (Lipinski definition) is 1. The van der Waals surface area contributed by atoms with E-state index in [0.717, 1.165) is 35.7 Å². The van der Waals surface area contributed by atoms with Gasteiger partial charge in [-0.25, -0.2) is 4.79 Å². The van der Waals surface area contributed by atoms with Crippen molar-refractivity contribution >= 4 is 17.6 Å². The van der Waals surface area contributed by atoms with Crippen LogP contribution in [0.1, 0.15) is 19.4 Å². The average molecular weight is 414 g/mol. The molecule has 162 valence electrons. The van der Waals surface area contributed by atoms with Crippen molar-refractivity contribution in [3.8, 4) is 5.75 Å². The van der Waals surface area contributed by atoms with E-state index in [1.165, 1.54) is 4.90 Å². The minimum absolute atomic E-state index is 0.161. The second-order valence-electron chi connectivity index (χ2n) is 8.83. The molecule has 0 spiro atoms. The molecule has 1 N–H and O–H groups in total. The fourth-order valence-corrected chi connectivity index (χ4v) is 4.84. The van der Waals surface area contributed by atoms with Gasteiger partial charge in [-0.1, -0.05) is 25.1 Å². The first kappa shape index (κ1) is 20.7. The number of imide groups is 1. The highest BCUT2D eigenvalue weighted by atomic mass is 16.5. The van der Waals surface area contributed by atoms with Crippen LogP contribution in [0.2, 0.25) is 0 Å². The van der Waals surface area contributed by atoms with E-state index in [1.54, 1.807) is 19.1 Å². The molecular formula is C22H31N5O3. The minimum Gasteiger partial charge on any atom is -0.495 e. The van der Waals surface area contributed by atoms with E-state index in [-0.39, 0.29) is 30.9 Å². The predicted molar refractivity (Wildman–Crippen MR) is 115 cm³/mol. The van der Waals surface area contributed by atoms with Crippen LogP contribution in [-0.2, 0) is 4.79 Å². The smallest absolute Gasteiger partial charge is 0.328 e. The summed E-state index contributed by atoms with van der Waals surface area (Å²) in [5.74, 6) is 0.981. The van der Waals surface area contributed by atoms with Gasteiger partial charge in [-0.2, -0.15) is 0 Å². The molecule has 3 saturated heterocycles. The second kappa shape index (κ2) is 7.59. The van der Waals surface area contributed by atoms with E-state index < -0.39 is 6.04 Å². The number of amides is 3. The highest BCUT2D eigenvalue weighted by Gasteiger charge is 2.56. The molecule has 3 amide bonds. The Morgan fingerprint density at radius 1 is 1.30 bits per heavy atom. The third-order valence-corrected chi connectivity index (χ3v) is 6.16. The highest BCUT2D eigenvalue weighted by molar-refractivity contribution is 6.00. The highest BCUT2D eigenvalue weighted by Crippen LogP contribution is 2.38. The van der Waals surface area contributed by atoms with Crippen LogP contribution in [0.5, 0.6) is 5.75 Å². The van der Waals surface area contributed by atoms with Crippen LogP contribution in [0.3, 0.4) is 0 Å². The maximum absolute atomic E-state index is 13.4. The van der Waals surface area contributed by atoms with Gasteiger partial charge in [0.1, 0.15) is 24.2 Å². The Morgan fingerprint density at radius 3 is 2.70 bits per heavy atom. The molecule has 4 rings (SSSR count). The first-order valence-electron chi connectivity index (χ1n) is 10.4. The van der Waals surface area contributed by atoms with Crippen molar-refractivity contribution < 1.29 is 14.3 Å². The number of aryl methyl sites for hydroxylation is 1. The van der Waals surface area contributed by atoms with Crippen molar-refractivity contribution in [2.24, 2.45) is 5.92 Å². The molecule has 3 aliphatic heterocycles. The van der Waals surface area contributed by atoms with Crippen molar-refractivity contribution in [2.75, 3.05) is 38.7 Å². The molecule has 0 aliphatic carbocycles. The van der Waals surface area contributed by atoms with Crippen molar-refractivity contribution in [1.29, 1.82) is 0 Å². The number of ether oxygens (including phenoxy) is 1. The largest absolute Gasteiger partial charge is 0.495 e. The van der Waals surface area contributed by atoms with Crippen LogP contribution in [-0.4, -0.2) is 78.9 Å². The predicted octanol–water partition coefficient (Wildman–Crippen LogP) is 1.81. The molecule has 3 aliphatic rings. The fourth-order valence-electron chi connectivity index (χ4n) is 4.84. The van der Waals surface area contributed by atoms with Crippen LogP contribution in [0, 0.1) is 12.8 Å². The summed E-state index contributed by atoms with van der Waals surface area (Å²) in [6, 6.07) is 5.40. The number of carbonyl (C=O) groups excluding carboxylic acids is 2. The van der Waals surface area contributed by atoms with Gasteiger partial charge in [-0.3, -0.25) is 19.9 Å². The van der Waals surface area contributed by atoms with Gasteiger partial charge >= 0.3 is 6.03 Å². The van der Waals surface area contributed by atoms with E-state index in [9.17, 15) is 9.59 Å². The third kappa shape index (κ3) is 3.24. The number of anilines is 1. The Hall–Kier alpha value is -2.58. The van der Waals surface area contributed by atoms with Gasteiger partial charge in [-0.05, 0) is 37.5 Å². The van der Waals surface area contributed by atoms with Gasteiger partial charge in [0.2, 0.25) is 0 Å². The lowest BCUT2D eigenvalue weighted by atomic mass is 10.0. The average Bonchev–Trinajstić information content (AvgIpc) is 3.08. The summed E-state index contributed by atoms with van der Waals surface area (Å²) in [6.45, 7) is 11.8. The maximum atomic E-state index is 13.4. The summed E-state index contributed by atoms with van der Waals surface area (Å²) in [4.78, 5) is 33.7. The number of rotatable bonds is 4. The van der Waals surface area contributed by atoms with Gasteiger partial charge < -0.3 is 14.5 Å². The van der Waals surface area contributed by atoms with Gasteiger partial charge in [0.25, 0.3) is 5.91 Å². The van der Waals surface area contributed by atoms with Crippen LogP contribution in [0.25, 0.3) is 0 Å². The van der Waals surface area contributed by atoms with Gasteiger partial charge in [0, 0.05) is 20.1 Å². The fraction of sp³-hybridized carbons (Fsp3) is 0.545. The SMILES string of the molecule is C=C(C)CN1C(=O)C2C(NC3N(c4cc(C)ccc4OC)CC(C)CN23)N(C)C1=O.